The van der Waals surface area contributed by atoms with Crippen molar-refractivity contribution in [1.82, 2.24) is 20.0 Å². The Hall–Kier alpha value is -3.59. The van der Waals surface area contributed by atoms with Crippen LogP contribution < -0.4 is 5.56 Å². The molecule has 5 rings (SSSR count). The molecule has 2 amide bonds. The van der Waals surface area contributed by atoms with Crippen molar-refractivity contribution in [2.24, 2.45) is 0 Å². The maximum atomic E-state index is 14.7. The maximum absolute atomic E-state index is 14.7. The lowest BCUT2D eigenvalue weighted by molar-refractivity contribution is -0.140. The molecule has 2 aromatic carbocycles. The van der Waals surface area contributed by atoms with E-state index in [9.17, 15) is 18.8 Å². The van der Waals surface area contributed by atoms with Crippen molar-refractivity contribution in [2.75, 3.05) is 32.8 Å². The summed E-state index contributed by atoms with van der Waals surface area (Å²) in [5, 5.41) is 7.96. The number of hydrogen-bond donors (Lipinski definition) is 1. The molecule has 8 nitrogen and oxygen atoms in total. The minimum atomic E-state index is -0.571. The van der Waals surface area contributed by atoms with E-state index in [1.54, 1.807) is 29.2 Å². The van der Waals surface area contributed by atoms with Gasteiger partial charge in [-0.2, -0.15) is 5.10 Å². The summed E-state index contributed by atoms with van der Waals surface area (Å²) in [7, 11) is 0. The van der Waals surface area contributed by atoms with Crippen molar-refractivity contribution in [3.63, 3.8) is 0 Å². The Morgan fingerprint density at radius 2 is 1.67 bits per heavy atom. The topological polar surface area (TPSA) is 95.6 Å². The quantitative estimate of drug-likeness (QED) is 0.507. The SMILES string of the molecule is CC.O=C(COC1CCN(C(=O)c2cc(Cc3n[nH]c(=O)c4ccccc34)ccc2F)CC1)N1CCCCC1. The number of piperidine rings is 2. The van der Waals surface area contributed by atoms with Crippen LogP contribution in [0.1, 0.15) is 67.6 Å². The molecule has 3 heterocycles. The molecule has 2 fully saturated rings. The lowest BCUT2D eigenvalue weighted by atomic mass is 10.0. The first-order chi connectivity index (χ1) is 19.0. The average molecular weight is 537 g/mol. The first kappa shape index (κ1) is 28.4. The monoisotopic (exact) mass is 536 g/mol. The molecule has 1 N–H and O–H groups in total. The van der Waals surface area contributed by atoms with Gasteiger partial charge in [0, 0.05) is 38.0 Å². The van der Waals surface area contributed by atoms with Crippen LogP contribution in [0, 0.1) is 5.82 Å². The number of likely N-dealkylation sites (tertiary alicyclic amines) is 2. The van der Waals surface area contributed by atoms with Crippen molar-refractivity contribution in [2.45, 2.75) is 58.5 Å². The number of H-pyrrole nitrogens is 1. The molecule has 3 aromatic rings. The van der Waals surface area contributed by atoms with Crippen LogP contribution in [0.4, 0.5) is 4.39 Å². The standard InChI is InChI=1S/C28H31FN4O4.C2H6/c29-24-9-8-19(17-25-21-6-2-3-7-22(21)27(35)31-30-25)16-23(24)28(36)33-14-10-20(11-15-33)37-18-26(34)32-12-4-1-5-13-32;1-2/h2-3,6-9,16,20H,1,4-5,10-15,17-18H2,(H,31,35);1-2H3. The molecule has 0 spiro atoms. The van der Waals surface area contributed by atoms with Crippen molar-refractivity contribution in [3.05, 3.63) is 75.5 Å². The summed E-state index contributed by atoms with van der Waals surface area (Å²) in [5.41, 5.74) is 1.13. The third-order valence-corrected chi connectivity index (χ3v) is 7.29. The van der Waals surface area contributed by atoms with Gasteiger partial charge in [0.15, 0.2) is 0 Å². The predicted molar refractivity (Wildman–Crippen MR) is 148 cm³/mol. The van der Waals surface area contributed by atoms with E-state index in [0.29, 0.717) is 43.4 Å². The van der Waals surface area contributed by atoms with Gasteiger partial charge < -0.3 is 14.5 Å². The fourth-order valence-electron chi connectivity index (χ4n) is 5.17. The number of ether oxygens (including phenoxy) is 1. The summed E-state index contributed by atoms with van der Waals surface area (Å²) in [6.07, 6.45) is 4.72. The third kappa shape index (κ3) is 6.89. The molecule has 2 aliphatic heterocycles. The van der Waals surface area contributed by atoms with Gasteiger partial charge in [-0.3, -0.25) is 14.4 Å². The van der Waals surface area contributed by atoms with Gasteiger partial charge >= 0.3 is 0 Å². The van der Waals surface area contributed by atoms with E-state index >= 15 is 0 Å². The van der Waals surface area contributed by atoms with Gasteiger partial charge in [-0.1, -0.05) is 38.1 Å². The molecule has 0 bridgehead atoms. The molecule has 0 saturated carbocycles. The number of aromatic nitrogens is 2. The number of nitrogens with zero attached hydrogens (tertiary/aromatic N) is 3. The molecule has 0 atom stereocenters. The largest absolute Gasteiger partial charge is 0.368 e. The minimum absolute atomic E-state index is 0.0193. The Balaban J connectivity index is 0.00000172. The number of hydrogen-bond acceptors (Lipinski definition) is 5. The molecule has 9 heteroatoms. The lowest BCUT2D eigenvalue weighted by Crippen LogP contribution is -2.43. The summed E-state index contributed by atoms with van der Waals surface area (Å²) in [5.74, 6) is -0.901. The highest BCUT2D eigenvalue weighted by Gasteiger charge is 2.27. The lowest BCUT2D eigenvalue weighted by Gasteiger charge is -2.33. The van der Waals surface area contributed by atoms with Gasteiger partial charge in [-0.15, -0.1) is 0 Å². The van der Waals surface area contributed by atoms with Crippen LogP contribution >= 0.6 is 0 Å². The van der Waals surface area contributed by atoms with E-state index in [-0.39, 0.29) is 35.6 Å². The number of amides is 2. The second kappa shape index (κ2) is 13.5. The van der Waals surface area contributed by atoms with E-state index in [1.165, 1.54) is 12.5 Å². The molecule has 2 aliphatic rings. The molecular weight excluding hydrogens is 499 g/mol. The van der Waals surface area contributed by atoms with Gasteiger partial charge in [0.05, 0.1) is 22.7 Å². The second-order valence-corrected chi connectivity index (χ2v) is 9.78. The van der Waals surface area contributed by atoms with E-state index in [4.69, 9.17) is 4.74 Å². The maximum Gasteiger partial charge on any atom is 0.272 e. The number of carbonyl (C=O) groups is 2. The smallest absolute Gasteiger partial charge is 0.272 e. The average Bonchev–Trinajstić information content (AvgIpc) is 3.00. The van der Waals surface area contributed by atoms with Gasteiger partial charge in [0.25, 0.3) is 11.5 Å². The van der Waals surface area contributed by atoms with Crippen molar-refractivity contribution < 1.29 is 18.7 Å². The Morgan fingerprint density at radius 1 is 0.974 bits per heavy atom. The number of rotatable bonds is 6. The second-order valence-electron chi connectivity index (χ2n) is 9.78. The summed E-state index contributed by atoms with van der Waals surface area (Å²) < 4.78 is 20.6. The van der Waals surface area contributed by atoms with Gasteiger partial charge in [0.1, 0.15) is 12.4 Å². The minimum Gasteiger partial charge on any atom is -0.368 e. The third-order valence-electron chi connectivity index (χ3n) is 7.29. The first-order valence-electron chi connectivity index (χ1n) is 13.9. The summed E-state index contributed by atoms with van der Waals surface area (Å²) in [4.78, 5) is 41.1. The highest BCUT2D eigenvalue weighted by atomic mass is 19.1. The molecule has 39 heavy (non-hydrogen) atoms. The number of nitrogens with one attached hydrogen (secondary N) is 1. The van der Waals surface area contributed by atoms with Crippen LogP contribution in [0.25, 0.3) is 10.8 Å². The van der Waals surface area contributed by atoms with Gasteiger partial charge in [-0.25, -0.2) is 9.49 Å². The summed E-state index contributed by atoms with van der Waals surface area (Å²) >= 11 is 0. The van der Waals surface area contributed by atoms with E-state index in [1.807, 2.05) is 30.9 Å². The van der Waals surface area contributed by atoms with E-state index in [0.717, 1.165) is 36.9 Å². The molecule has 1 aromatic heterocycles. The first-order valence-corrected chi connectivity index (χ1v) is 13.9. The molecular formula is C30H37FN4O4. The van der Waals surface area contributed by atoms with Gasteiger partial charge in [0.2, 0.25) is 5.91 Å². The zero-order valence-corrected chi connectivity index (χ0v) is 22.7. The number of halogens is 1. The normalized spacial score (nSPS) is 16.1. The van der Waals surface area contributed by atoms with Crippen LogP contribution in [-0.2, 0) is 16.0 Å². The van der Waals surface area contributed by atoms with Crippen LogP contribution in [0.2, 0.25) is 0 Å². The van der Waals surface area contributed by atoms with Crippen molar-refractivity contribution in [1.29, 1.82) is 0 Å². The summed E-state index contributed by atoms with van der Waals surface area (Å²) in [6.45, 7) is 6.56. The fraction of sp³-hybridized carbons (Fsp3) is 0.467. The Labute approximate surface area is 228 Å². The van der Waals surface area contributed by atoms with Crippen molar-refractivity contribution in [3.8, 4) is 0 Å². The van der Waals surface area contributed by atoms with E-state index in [2.05, 4.69) is 10.2 Å². The predicted octanol–water partition coefficient (Wildman–Crippen LogP) is 4.31. The van der Waals surface area contributed by atoms with Crippen LogP contribution in [0.15, 0.2) is 47.3 Å². The number of aromatic amines is 1. The number of fused-ring (bicyclic) bond motifs is 1. The molecule has 2 saturated heterocycles. The Kier molecular flexibility index (Phi) is 9.81. The fourth-order valence-corrected chi connectivity index (χ4v) is 5.17. The highest BCUT2D eigenvalue weighted by molar-refractivity contribution is 5.95. The zero-order valence-electron chi connectivity index (χ0n) is 22.7. The Bertz CT molecular complexity index is 1340. The van der Waals surface area contributed by atoms with Gasteiger partial charge in [-0.05, 0) is 55.9 Å². The van der Waals surface area contributed by atoms with Crippen molar-refractivity contribution >= 4 is 22.6 Å². The molecule has 0 radical (unpaired) electrons. The summed E-state index contributed by atoms with van der Waals surface area (Å²) in [6, 6.07) is 11.7. The number of carbonyl (C=O) groups excluding carboxylic acids is 2. The molecule has 0 aliphatic carbocycles. The molecule has 208 valence electrons. The highest BCUT2D eigenvalue weighted by Crippen LogP contribution is 2.22. The Morgan fingerprint density at radius 3 is 2.38 bits per heavy atom. The zero-order chi connectivity index (χ0) is 27.8. The number of benzene rings is 2. The van der Waals surface area contributed by atoms with Crippen LogP contribution in [0.3, 0.4) is 0 Å². The molecule has 0 unspecified atom stereocenters. The van der Waals surface area contributed by atoms with Crippen LogP contribution in [0.5, 0.6) is 0 Å². The van der Waals surface area contributed by atoms with E-state index < -0.39 is 5.82 Å². The van der Waals surface area contributed by atoms with Crippen LogP contribution in [-0.4, -0.2) is 70.7 Å².